The number of unbranched alkanes of at least 4 members (excludes halogenated alkanes) is 2. The van der Waals surface area contributed by atoms with Crippen LogP contribution in [-0.4, -0.2) is 40.6 Å². The third kappa shape index (κ3) is 13.6. The second-order valence-corrected chi connectivity index (χ2v) is 12.8. The van der Waals surface area contributed by atoms with E-state index in [1.807, 2.05) is 48.5 Å². The van der Waals surface area contributed by atoms with Crippen LogP contribution >= 0.6 is 0 Å². The highest BCUT2D eigenvalue weighted by Gasteiger charge is 2.37. The quantitative estimate of drug-likeness (QED) is 0.172. The zero-order valence-electron chi connectivity index (χ0n) is 24.8. The van der Waals surface area contributed by atoms with Gasteiger partial charge in [-0.05, 0) is 41.9 Å². The lowest BCUT2D eigenvalue weighted by atomic mass is 9.86. The molecule has 0 saturated heterocycles. The lowest BCUT2D eigenvalue weighted by Gasteiger charge is -2.28. The molecule has 0 spiro atoms. The van der Waals surface area contributed by atoms with Crippen molar-refractivity contribution in [1.82, 2.24) is 0 Å². The van der Waals surface area contributed by atoms with Crippen molar-refractivity contribution >= 4 is 23.9 Å². The summed E-state index contributed by atoms with van der Waals surface area (Å²) in [5, 5.41) is 9.95. The fourth-order valence-corrected chi connectivity index (χ4v) is 3.97. The van der Waals surface area contributed by atoms with Crippen molar-refractivity contribution in [2.75, 3.05) is 0 Å². The average molecular weight is 550 g/mol. The maximum Gasteiger partial charge on any atom is 0.324 e. The van der Waals surface area contributed by atoms with Gasteiger partial charge in [-0.3, -0.25) is 19.2 Å². The number of carbonyl (C=O) groups is 4. The van der Waals surface area contributed by atoms with E-state index < -0.39 is 35.5 Å². The van der Waals surface area contributed by atoms with Gasteiger partial charge in [-0.2, -0.15) is 0 Å². The summed E-state index contributed by atoms with van der Waals surface area (Å²) in [4.78, 5) is 49.4. The van der Waals surface area contributed by atoms with Crippen LogP contribution in [0.3, 0.4) is 0 Å². The summed E-state index contributed by atoms with van der Waals surface area (Å²) in [5.41, 5.74) is 4.36. The standard InChI is InChI=1S/C30H47NO8/c1-9-10-11-12-24(32)37-20(2)16-30(31,27(35)36)17-21-13-14-22(38-25(33)18-28(3,4)5)23(15-21)39-26(34)19-29(6,7)8/h13-15,20H,9-12,16-19,31H2,1-8H3,(H,35,36)/t20-,30?/m0/s1. The monoisotopic (exact) mass is 549 g/mol. The molecule has 220 valence electrons. The molecule has 1 aromatic rings. The van der Waals surface area contributed by atoms with E-state index in [0.29, 0.717) is 12.0 Å². The first-order valence-corrected chi connectivity index (χ1v) is 13.6. The van der Waals surface area contributed by atoms with Gasteiger partial charge >= 0.3 is 23.9 Å². The second kappa shape index (κ2) is 14.4. The van der Waals surface area contributed by atoms with Gasteiger partial charge in [0.2, 0.25) is 0 Å². The van der Waals surface area contributed by atoms with E-state index in [1.165, 1.54) is 12.1 Å². The molecule has 0 aliphatic heterocycles. The molecule has 0 radical (unpaired) electrons. The first kappa shape index (κ1) is 34.1. The Morgan fingerprint density at radius 1 is 0.872 bits per heavy atom. The number of ether oxygens (including phenoxy) is 3. The minimum Gasteiger partial charge on any atom is -0.480 e. The molecule has 39 heavy (non-hydrogen) atoms. The largest absolute Gasteiger partial charge is 0.480 e. The van der Waals surface area contributed by atoms with Crippen LogP contribution in [0, 0.1) is 10.8 Å². The molecule has 0 fully saturated rings. The van der Waals surface area contributed by atoms with Gasteiger partial charge in [-0.25, -0.2) is 0 Å². The molecule has 1 aromatic carbocycles. The Hall–Kier alpha value is -2.94. The summed E-state index contributed by atoms with van der Waals surface area (Å²) in [6.07, 6.45) is 2.12. The Bertz CT molecular complexity index is 1010. The summed E-state index contributed by atoms with van der Waals surface area (Å²) in [7, 11) is 0. The normalized spacial score (nSPS) is 14.2. The molecule has 0 heterocycles. The predicted molar refractivity (Wildman–Crippen MR) is 148 cm³/mol. The van der Waals surface area contributed by atoms with E-state index in [-0.39, 0.29) is 54.4 Å². The molecule has 0 aromatic heterocycles. The smallest absolute Gasteiger partial charge is 0.324 e. The van der Waals surface area contributed by atoms with Gasteiger partial charge in [0.1, 0.15) is 11.6 Å². The highest BCUT2D eigenvalue weighted by molar-refractivity contribution is 5.80. The van der Waals surface area contributed by atoms with E-state index in [4.69, 9.17) is 19.9 Å². The van der Waals surface area contributed by atoms with Crippen LogP contribution in [0.1, 0.15) is 106 Å². The molecule has 9 heteroatoms. The van der Waals surface area contributed by atoms with Gasteiger partial charge in [-0.1, -0.05) is 67.4 Å². The molecule has 0 aliphatic carbocycles. The Morgan fingerprint density at radius 2 is 1.41 bits per heavy atom. The fourth-order valence-electron chi connectivity index (χ4n) is 3.97. The molecule has 2 atom stereocenters. The minimum absolute atomic E-state index is 0.00662. The first-order valence-electron chi connectivity index (χ1n) is 13.6. The predicted octanol–water partition coefficient (Wildman–Crippen LogP) is 5.60. The Labute approximate surface area is 232 Å². The van der Waals surface area contributed by atoms with Crippen LogP contribution in [-0.2, 0) is 30.3 Å². The van der Waals surface area contributed by atoms with Crippen molar-refractivity contribution in [3.8, 4) is 11.5 Å². The van der Waals surface area contributed by atoms with Crippen LogP contribution in [0.4, 0.5) is 0 Å². The number of carbonyl (C=O) groups excluding carboxylic acids is 3. The lowest BCUT2D eigenvalue weighted by Crippen LogP contribution is -2.52. The van der Waals surface area contributed by atoms with E-state index in [0.717, 1.165) is 12.8 Å². The number of aliphatic carboxylic acids is 1. The van der Waals surface area contributed by atoms with Crippen LogP contribution in [0.25, 0.3) is 0 Å². The average Bonchev–Trinajstić information content (AvgIpc) is 2.72. The Kier molecular flexibility index (Phi) is 12.6. The number of benzene rings is 1. The van der Waals surface area contributed by atoms with Crippen molar-refractivity contribution < 1.29 is 38.5 Å². The van der Waals surface area contributed by atoms with E-state index >= 15 is 0 Å². The van der Waals surface area contributed by atoms with Crippen molar-refractivity contribution in [3.05, 3.63) is 23.8 Å². The first-order chi connectivity index (χ1) is 17.8. The summed E-state index contributed by atoms with van der Waals surface area (Å²) in [6, 6.07) is 4.51. The minimum atomic E-state index is -1.76. The highest BCUT2D eigenvalue weighted by atomic mass is 16.6. The number of hydrogen-bond acceptors (Lipinski definition) is 8. The van der Waals surface area contributed by atoms with E-state index in [2.05, 4.69) is 0 Å². The second-order valence-electron chi connectivity index (χ2n) is 12.8. The number of hydrogen-bond donors (Lipinski definition) is 2. The number of rotatable bonds is 14. The van der Waals surface area contributed by atoms with Gasteiger partial charge in [0.05, 0.1) is 12.8 Å². The number of esters is 3. The van der Waals surface area contributed by atoms with Crippen molar-refractivity contribution in [2.45, 2.75) is 118 Å². The zero-order valence-corrected chi connectivity index (χ0v) is 24.8. The SMILES string of the molecule is CCCCCC(=O)O[C@@H](C)CC(N)(Cc1ccc(OC(=O)CC(C)(C)C)c(OC(=O)CC(C)(C)C)c1)C(=O)O. The Balaban J connectivity index is 3.18. The summed E-state index contributed by atoms with van der Waals surface area (Å²) in [6.45, 7) is 15.0. The number of nitrogens with two attached hydrogens (primary N) is 1. The molecule has 0 bridgehead atoms. The van der Waals surface area contributed by atoms with Gasteiger partial charge in [0.15, 0.2) is 11.5 Å². The van der Waals surface area contributed by atoms with Gasteiger partial charge in [-0.15, -0.1) is 0 Å². The summed E-state index contributed by atoms with van der Waals surface area (Å²) < 4.78 is 16.5. The number of carboxylic acid groups (broad SMARTS) is 1. The summed E-state index contributed by atoms with van der Waals surface area (Å²) in [5.74, 6) is -2.60. The van der Waals surface area contributed by atoms with Crippen LogP contribution in [0.2, 0.25) is 0 Å². The molecule has 0 amide bonds. The number of carboxylic acids is 1. The molecular weight excluding hydrogens is 502 g/mol. The lowest BCUT2D eigenvalue weighted by molar-refractivity contribution is -0.153. The topological polar surface area (TPSA) is 142 Å². The van der Waals surface area contributed by atoms with Crippen LogP contribution in [0.15, 0.2) is 18.2 Å². The van der Waals surface area contributed by atoms with E-state index in [1.54, 1.807) is 13.0 Å². The molecule has 0 aliphatic rings. The molecule has 1 rings (SSSR count). The van der Waals surface area contributed by atoms with Crippen molar-refractivity contribution in [3.63, 3.8) is 0 Å². The third-order valence-corrected chi connectivity index (χ3v) is 5.72. The molecule has 9 nitrogen and oxygen atoms in total. The maximum absolute atomic E-state index is 12.6. The van der Waals surface area contributed by atoms with Crippen molar-refractivity contribution in [1.29, 1.82) is 0 Å². The van der Waals surface area contributed by atoms with Gasteiger partial charge < -0.3 is 25.1 Å². The molecular formula is C30H47NO8. The summed E-state index contributed by atoms with van der Waals surface area (Å²) >= 11 is 0. The fraction of sp³-hybridized carbons (Fsp3) is 0.667. The Morgan fingerprint density at radius 3 is 1.90 bits per heavy atom. The molecule has 0 saturated carbocycles. The zero-order chi connectivity index (χ0) is 30.0. The van der Waals surface area contributed by atoms with Crippen LogP contribution in [0.5, 0.6) is 11.5 Å². The molecule has 3 N–H and O–H groups in total. The van der Waals surface area contributed by atoms with Gasteiger partial charge in [0.25, 0.3) is 0 Å². The third-order valence-electron chi connectivity index (χ3n) is 5.72. The van der Waals surface area contributed by atoms with E-state index in [9.17, 15) is 24.3 Å². The maximum atomic E-state index is 12.6. The highest BCUT2D eigenvalue weighted by Crippen LogP contribution is 2.33. The van der Waals surface area contributed by atoms with Crippen molar-refractivity contribution in [2.24, 2.45) is 16.6 Å². The molecule has 1 unspecified atom stereocenters. The van der Waals surface area contributed by atoms with Gasteiger partial charge in [0, 0.05) is 19.3 Å². The van der Waals surface area contributed by atoms with Crippen LogP contribution < -0.4 is 15.2 Å².